The number of rotatable bonds is 6. The van der Waals surface area contributed by atoms with Gasteiger partial charge >= 0.3 is 5.97 Å². The van der Waals surface area contributed by atoms with Crippen LogP contribution < -0.4 is 10.6 Å². The summed E-state index contributed by atoms with van der Waals surface area (Å²) in [6.45, 7) is 1.77. The second-order valence-electron chi connectivity index (χ2n) is 3.99. The van der Waals surface area contributed by atoms with Gasteiger partial charge in [0.2, 0.25) is 5.91 Å². The number of hydrogen-bond acceptors (Lipinski definition) is 6. The molecule has 0 aliphatic heterocycles. The minimum Gasteiger partial charge on any atom is -0.465 e. The predicted octanol–water partition coefficient (Wildman–Crippen LogP) is 0.693. The molecule has 0 aliphatic rings. The Kier molecular flexibility index (Phi) is 5.01. The number of carbonyl (C=O) groups excluding carboxylic acids is 2. The van der Waals surface area contributed by atoms with Gasteiger partial charge in [-0.3, -0.25) is 19.7 Å². The molecule has 0 aliphatic carbocycles. The third-order valence-corrected chi connectivity index (χ3v) is 2.54. The Balaban J connectivity index is 3.07. The molecule has 20 heavy (non-hydrogen) atoms. The molecular formula is C12H15N3O5. The average molecular weight is 281 g/mol. The van der Waals surface area contributed by atoms with Gasteiger partial charge in [-0.2, -0.15) is 0 Å². The number of anilines is 1. The van der Waals surface area contributed by atoms with Gasteiger partial charge < -0.3 is 15.4 Å². The second-order valence-corrected chi connectivity index (χ2v) is 3.99. The molecule has 0 bridgehead atoms. The monoisotopic (exact) mass is 281 g/mol. The van der Waals surface area contributed by atoms with Gasteiger partial charge in [-0.1, -0.05) is 0 Å². The van der Waals surface area contributed by atoms with Crippen molar-refractivity contribution in [1.29, 1.82) is 0 Å². The Hall–Kier alpha value is -2.64. The van der Waals surface area contributed by atoms with Crippen LogP contribution >= 0.6 is 0 Å². The maximum atomic E-state index is 11.4. The standard InChI is InChI=1S/C12H15N3O5/c1-3-20-11(16)7-14(2)9-5-4-8(12(13)17)6-10(9)15(18)19/h4-6H,3,7H2,1-2H3,(H2,13,17). The van der Waals surface area contributed by atoms with E-state index >= 15 is 0 Å². The highest BCUT2D eigenvalue weighted by atomic mass is 16.6. The van der Waals surface area contributed by atoms with Gasteiger partial charge in [-0.05, 0) is 19.1 Å². The maximum absolute atomic E-state index is 11.4. The summed E-state index contributed by atoms with van der Waals surface area (Å²) < 4.78 is 4.77. The van der Waals surface area contributed by atoms with E-state index in [2.05, 4.69) is 0 Å². The van der Waals surface area contributed by atoms with Crippen LogP contribution in [0.5, 0.6) is 0 Å². The Morgan fingerprint density at radius 3 is 2.60 bits per heavy atom. The Morgan fingerprint density at radius 2 is 2.10 bits per heavy atom. The Morgan fingerprint density at radius 1 is 1.45 bits per heavy atom. The third-order valence-electron chi connectivity index (χ3n) is 2.54. The van der Waals surface area contributed by atoms with Crippen molar-refractivity contribution in [2.45, 2.75) is 6.92 Å². The molecule has 1 rings (SSSR count). The number of ether oxygens (including phenoxy) is 1. The zero-order valence-electron chi connectivity index (χ0n) is 11.2. The fraction of sp³-hybridized carbons (Fsp3) is 0.333. The van der Waals surface area contributed by atoms with Crippen molar-refractivity contribution in [2.24, 2.45) is 5.73 Å². The van der Waals surface area contributed by atoms with Gasteiger partial charge in [0.05, 0.1) is 11.5 Å². The van der Waals surface area contributed by atoms with E-state index in [1.165, 1.54) is 24.1 Å². The zero-order valence-corrected chi connectivity index (χ0v) is 11.2. The predicted molar refractivity (Wildman–Crippen MR) is 71.5 cm³/mol. The molecular weight excluding hydrogens is 266 g/mol. The normalized spacial score (nSPS) is 9.90. The van der Waals surface area contributed by atoms with E-state index in [9.17, 15) is 19.7 Å². The molecule has 1 aromatic carbocycles. The number of nitrogens with two attached hydrogens (primary N) is 1. The van der Waals surface area contributed by atoms with E-state index in [1.807, 2.05) is 0 Å². The van der Waals surface area contributed by atoms with Crippen molar-refractivity contribution >= 4 is 23.3 Å². The molecule has 0 unspecified atom stereocenters. The van der Waals surface area contributed by atoms with Crippen molar-refractivity contribution < 1.29 is 19.2 Å². The van der Waals surface area contributed by atoms with Crippen LogP contribution in [-0.2, 0) is 9.53 Å². The number of nitro groups is 1. The second kappa shape index (κ2) is 6.50. The van der Waals surface area contributed by atoms with Gasteiger partial charge in [-0.15, -0.1) is 0 Å². The van der Waals surface area contributed by atoms with Crippen molar-refractivity contribution in [3.05, 3.63) is 33.9 Å². The molecule has 0 heterocycles. The van der Waals surface area contributed by atoms with Gasteiger partial charge in [0, 0.05) is 18.7 Å². The summed E-state index contributed by atoms with van der Waals surface area (Å²) in [5.74, 6) is -1.25. The highest BCUT2D eigenvalue weighted by Gasteiger charge is 2.21. The molecule has 0 radical (unpaired) electrons. The van der Waals surface area contributed by atoms with Crippen LogP contribution in [0.1, 0.15) is 17.3 Å². The number of primary amides is 1. The molecule has 0 saturated heterocycles. The molecule has 1 aromatic rings. The number of amides is 1. The SMILES string of the molecule is CCOC(=O)CN(C)c1ccc(C(N)=O)cc1[N+](=O)[O-]. The fourth-order valence-corrected chi connectivity index (χ4v) is 1.63. The van der Waals surface area contributed by atoms with E-state index in [0.717, 1.165) is 6.07 Å². The van der Waals surface area contributed by atoms with Crippen molar-refractivity contribution in [3.8, 4) is 0 Å². The number of likely N-dealkylation sites (N-methyl/N-ethyl adjacent to an activating group) is 1. The van der Waals surface area contributed by atoms with Crippen LogP contribution in [0.25, 0.3) is 0 Å². The van der Waals surface area contributed by atoms with Gasteiger partial charge in [0.15, 0.2) is 0 Å². The number of hydrogen-bond donors (Lipinski definition) is 1. The molecule has 2 N–H and O–H groups in total. The molecule has 1 amide bonds. The van der Waals surface area contributed by atoms with E-state index < -0.39 is 16.8 Å². The zero-order chi connectivity index (χ0) is 15.3. The summed E-state index contributed by atoms with van der Waals surface area (Å²) in [4.78, 5) is 34.2. The minimum absolute atomic E-state index is 0.0324. The fourth-order valence-electron chi connectivity index (χ4n) is 1.63. The number of carbonyl (C=O) groups is 2. The largest absolute Gasteiger partial charge is 0.465 e. The van der Waals surface area contributed by atoms with Gasteiger partial charge in [0.25, 0.3) is 5.69 Å². The number of esters is 1. The van der Waals surface area contributed by atoms with Crippen molar-refractivity contribution in [3.63, 3.8) is 0 Å². The van der Waals surface area contributed by atoms with Crippen LogP contribution in [0.4, 0.5) is 11.4 Å². The smallest absolute Gasteiger partial charge is 0.325 e. The first-order chi connectivity index (χ1) is 9.36. The number of nitro benzene ring substituents is 1. The highest BCUT2D eigenvalue weighted by molar-refractivity contribution is 5.94. The Bertz CT molecular complexity index is 544. The van der Waals surface area contributed by atoms with E-state index in [4.69, 9.17) is 10.5 Å². The highest BCUT2D eigenvalue weighted by Crippen LogP contribution is 2.28. The summed E-state index contributed by atoms with van der Waals surface area (Å²) in [6, 6.07) is 3.82. The average Bonchev–Trinajstić information content (AvgIpc) is 2.37. The van der Waals surface area contributed by atoms with E-state index in [1.54, 1.807) is 6.92 Å². The molecule has 0 fully saturated rings. The number of benzene rings is 1. The molecule has 0 spiro atoms. The number of nitrogens with zero attached hydrogens (tertiary/aromatic N) is 2. The van der Waals surface area contributed by atoms with Crippen LogP contribution in [0, 0.1) is 10.1 Å². The molecule has 0 aromatic heterocycles. The van der Waals surface area contributed by atoms with Crippen LogP contribution in [0.2, 0.25) is 0 Å². The van der Waals surface area contributed by atoms with E-state index in [-0.39, 0.29) is 30.1 Å². The maximum Gasteiger partial charge on any atom is 0.325 e. The lowest BCUT2D eigenvalue weighted by atomic mass is 10.1. The first-order valence-corrected chi connectivity index (χ1v) is 5.81. The van der Waals surface area contributed by atoms with Crippen molar-refractivity contribution in [1.82, 2.24) is 0 Å². The topological polar surface area (TPSA) is 116 Å². The van der Waals surface area contributed by atoms with Crippen molar-refractivity contribution in [2.75, 3.05) is 25.1 Å². The summed E-state index contributed by atoms with van der Waals surface area (Å²) in [7, 11) is 1.52. The lowest BCUT2D eigenvalue weighted by Gasteiger charge is -2.18. The van der Waals surface area contributed by atoms with Gasteiger partial charge in [-0.25, -0.2) is 0 Å². The summed E-state index contributed by atoms with van der Waals surface area (Å²) >= 11 is 0. The van der Waals surface area contributed by atoms with Crippen LogP contribution in [-0.4, -0.2) is 37.0 Å². The minimum atomic E-state index is -0.757. The van der Waals surface area contributed by atoms with Crippen LogP contribution in [0.15, 0.2) is 18.2 Å². The summed E-state index contributed by atoms with van der Waals surface area (Å²) in [5.41, 5.74) is 5.02. The first-order valence-electron chi connectivity index (χ1n) is 5.81. The molecule has 8 heteroatoms. The molecule has 0 atom stereocenters. The Labute approximate surface area is 115 Å². The van der Waals surface area contributed by atoms with Crippen LogP contribution in [0.3, 0.4) is 0 Å². The summed E-state index contributed by atoms with van der Waals surface area (Å²) in [5, 5.41) is 11.0. The third kappa shape index (κ3) is 3.67. The lowest BCUT2D eigenvalue weighted by molar-refractivity contribution is -0.384. The lowest BCUT2D eigenvalue weighted by Crippen LogP contribution is -2.27. The van der Waals surface area contributed by atoms with Gasteiger partial charge in [0.1, 0.15) is 12.2 Å². The molecule has 8 nitrogen and oxygen atoms in total. The molecule has 0 saturated carbocycles. The summed E-state index contributed by atoms with van der Waals surface area (Å²) in [6.07, 6.45) is 0. The van der Waals surface area contributed by atoms with E-state index in [0.29, 0.717) is 0 Å². The first kappa shape index (κ1) is 15.4. The molecule has 108 valence electrons. The quantitative estimate of drug-likeness (QED) is 0.466.